The average Bonchev–Trinajstić information content (AvgIpc) is 2.28. The van der Waals surface area contributed by atoms with Gasteiger partial charge in [-0.05, 0) is 19.1 Å². The van der Waals surface area contributed by atoms with E-state index in [2.05, 4.69) is 20.3 Å². The third kappa shape index (κ3) is 2.04. The quantitative estimate of drug-likeness (QED) is 0.834. The molecule has 0 saturated heterocycles. The van der Waals surface area contributed by atoms with E-state index in [0.29, 0.717) is 10.8 Å². The largest absolute Gasteiger partial charge is 0.382 e. The number of anilines is 3. The summed E-state index contributed by atoms with van der Waals surface area (Å²) in [5.74, 6) is 0.728. The standard InChI is InChI=1S/C10H10ClN5/c1-6-7(3-2-4-13-6)16-10-8(11)9(12)14-5-15-10/h2-5H,1H3,(H3,12,14,15,16). The summed E-state index contributed by atoms with van der Waals surface area (Å²) in [6, 6.07) is 3.71. The molecule has 2 heterocycles. The van der Waals surface area contributed by atoms with E-state index in [1.165, 1.54) is 6.33 Å². The van der Waals surface area contributed by atoms with E-state index in [4.69, 9.17) is 17.3 Å². The Morgan fingerprint density at radius 2 is 2.12 bits per heavy atom. The number of aryl methyl sites for hydroxylation is 1. The molecule has 0 saturated carbocycles. The SMILES string of the molecule is Cc1ncccc1Nc1ncnc(N)c1Cl. The molecule has 0 radical (unpaired) electrons. The van der Waals surface area contributed by atoms with Crippen molar-refractivity contribution < 1.29 is 0 Å². The van der Waals surface area contributed by atoms with Gasteiger partial charge in [0.15, 0.2) is 5.82 Å². The summed E-state index contributed by atoms with van der Waals surface area (Å²) >= 11 is 5.96. The number of hydrogen-bond acceptors (Lipinski definition) is 5. The highest BCUT2D eigenvalue weighted by Gasteiger charge is 2.07. The fourth-order valence-corrected chi connectivity index (χ4v) is 1.36. The second-order valence-corrected chi connectivity index (χ2v) is 3.56. The first-order valence-electron chi connectivity index (χ1n) is 4.63. The summed E-state index contributed by atoms with van der Waals surface area (Å²) in [4.78, 5) is 11.9. The first-order valence-corrected chi connectivity index (χ1v) is 5.01. The second-order valence-electron chi connectivity index (χ2n) is 3.18. The summed E-state index contributed by atoms with van der Waals surface area (Å²) in [5.41, 5.74) is 7.27. The van der Waals surface area contributed by atoms with Crippen LogP contribution in [0.25, 0.3) is 0 Å². The Labute approximate surface area is 97.7 Å². The highest BCUT2D eigenvalue weighted by atomic mass is 35.5. The van der Waals surface area contributed by atoms with Gasteiger partial charge in [-0.1, -0.05) is 11.6 Å². The number of pyridine rings is 1. The molecule has 82 valence electrons. The van der Waals surface area contributed by atoms with Crippen molar-refractivity contribution in [2.75, 3.05) is 11.1 Å². The van der Waals surface area contributed by atoms with Crippen molar-refractivity contribution in [2.45, 2.75) is 6.92 Å². The van der Waals surface area contributed by atoms with Gasteiger partial charge >= 0.3 is 0 Å². The van der Waals surface area contributed by atoms with Crippen molar-refractivity contribution in [1.82, 2.24) is 15.0 Å². The van der Waals surface area contributed by atoms with Crippen LogP contribution in [-0.2, 0) is 0 Å². The highest BCUT2D eigenvalue weighted by Crippen LogP contribution is 2.26. The number of nitrogen functional groups attached to an aromatic ring is 1. The lowest BCUT2D eigenvalue weighted by atomic mass is 10.3. The fourth-order valence-electron chi connectivity index (χ4n) is 1.21. The summed E-state index contributed by atoms with van der Waals surface area (Å²) in [6.45, 7) is 1.89. The number of nitrogens with one attached hydrogen (secondary N) is 1. The van der Waals surface area contributed by atoms with Gasteiger partial charge in [0.25, 0.3) is 0 Å². The molecular weight excluding hydrogens is 226 g/mol. The molecule has 2 rings (SSSR count). The molecule has 6 heteroatoms. The van der Waals surface area contributed by atoms with Gasteiger partial charge in [0.2, 0.25) is 0 Å². The molecule has 2 aromatic heterocycles. The van der Waals surface area contributed by atoms with Crippen LogP contribution < -0.4 is 11.1 Å². The van der Waals surface area contributed by atoms with Crippen LogP contribution in [0.1, 0.15) is 5.69 Å². The lowest BCUT2D eigenvalue weighted by molar-refractivity contribution is 1.16. The molecular formula is C10H10ClN5. The number of nitrogens with two attached hydrogens (primary N) is 1. The zero-order valence-electron chi connectivity index (χ0n) is 8.61. The van der Waals surface area contributed by atoms with E-state index in [-0.39, 0.29) is 5.82 Å². The topological polar surface area (TPSA) is 76.7 Å². The molecule has 0 atom stereocenters. The van der Waals surface area contributed by atoms with Crippen LogP contribution in [0.5, 0.6) is 0 Å². The molecule has 2 aromatic rings. The maximum absolute atomic E-state index is 5.96. The lowest BCUT2D eigenvalue weighted by Crippen LogP contribution is -2.01. The van der Waals surface area contributed by atoms with Crippen molar-refractivity contribution in [1.29, 1.82) is 0 Å². The lowest BCUT2D eigenvalue weighted by Gasteiger charge is -2.09. The molecule has 0 spiro atoms. The highest BCUT2D eigenvalue weighted by molar-refractivity contribution is 6.35. The predicted molar refractivity (Wildman–Crippen MR) is 63.7 cm³/mol. The smallest absolute Gasteiger partial charge is 0.154 e. The van der Waals surface area contributed by atoms with Crippen molar-refractivity contribution in [2.24, 2.45) is 0 Å². The van der Waals surface area contributed by atoms with Crippen molar-refractivity contribution >= 4 is 28.9 Å². The Kier molecular flexibility index (Phi) is 2.87. The molecule has 0 bridgehead atoms. The summed E-state index contributed by atoms with van der Waals surface area (Å²) in [5, 5.41) is 3.37. The Balaban J connectivity index is 2.35. The molecule has 3 N–H and O–H groups in total. The maximum Gasteiger partial charge on any atom is 0.154 e. The summed E-state index contributed by atoms with van der Waals surface area (Å²) in [7, 11) is 0. The normalized spacial score (nSPS) is 10.1. The first kappa shape index (κ1) is 10.6. The monoisotopic (exact) mass is 235 g/mol. The van der Waals surface area contributed by atoms with Crippen LogP contribution in [0, 0.1) is 6.92 Å². The Morgan fingerprint density at radius 3 is 2.88 bits per heavy atom. The van der Waals surface area contributed by atoms with Crippen molar-refractivity contribution in [3.05, 3.63) is 35.4 Å². The zero-order chi connectivity index (χ0) is 11.5. The number of hydrogen-bond donors (Lipinski definition) is 2. The molecule has 0 aliphatic heterocycles. The molecule has 0 fully saturated rings. The Bertz CT molecular complexity index is 514. The number of rotatable bonds is 2. The van der Waals surface area contributed by atoms with Gasteiger partial charge in [0.05, 0.1) is 11.4 Å². The number of aromatic nitrogens is 3. The van der Waals surface area contributed by atoms with Gasteiger partial charge in [-0.3, -0.25) is 4.98 Å². The fraction of sp³-hybridized carbons (Fsp3) is 0.100. The maximum atomic E-state index is 5.96. The van der Waals surface area contributed by atoms with Crippen LogP contribution in [0.15, 0.2) is 24.7 Å². The van der Waals surface area contributed by atoms with Crippen molar-refractivity contribution in [3.8, 4) is 0 Å². The molecule has 0 amide bonds. The summed E-state index contributed by atoms with van der Waals surface area (Å²) in [6.07, 6.45) is 3.08. The third-order valence-electron chi connectivity index (χ3n) is 2.08. The number of halogens is 1. The first-order chi connectivity index (χ1) is 7.68. The zero-order valence-corrected chi connectivity index (χ0v) is 9.36. The van der Waals surface area contributed by atoms with E-state index >= 15 is 0 Å². The van der Waals surface area contributed by atoms with Crippen LogP contribution in [0.4, 0.5) is 17.3 Å². The van der Waals surface area contributed by atoms with Gasteiger partial charge in [-0.25, -0.2) is 9.97 Å². The van der Waals surface area contributed by atoms with Crippen molar-refractivity contribution in [3.63, 3.8) is 0 Å². The van der Waals surface area contributed by atoms with E-state index in [1.54, 1.807) is 6.20 Å². The van der Waals surface area contributed by atoms with Gasteiger partial charge in [0.1, 0.15) is 17.2 Å². The minimum Gasteiger partial charge on any atom is -0.382 e. The average molecular weight is 236 g/mol. The van der Waals surface area contributed by atoms with Gasteiger partial charge < -0.3 is 11.1 Å². The molecule has 0 unspecified atom stereocenters. The van der Waals surface area contributed by atoms with Crippen LogP contribution in [0.3, 0.4) is 0 Å². The van der Waals surface area contributed by atoms with E-state index in [0.717, 1.165) is 11.4 Å². The van der Waals surface area contributed by atoms with E-state index < -0.39 is 0 Å². The van der Waals surface area contributed by atoms with Gasteiger partial charge in [-0.15, -0.1) is 0 Å². The molecule has 0 aliphatic rings. The minimum absolute atomic E-state index is 0.251. The van der Waals surface area contributed by atoms with Crippen LogP contribution in [-0.4, -0.2) is 15.0 Å². The Hall–Kier alpha value is -1.88. The van der Waals surface area contributed by atoms with E-state index in [9.17, 15) is 0 Å². The van der Waals surface area contributed by atoms with Crippen LogP contribution >= 0.6 is 11.6 Å². The van der Waals surface area contributed by atoms with Gasteiger partial charge in [0, 0.05) is 6.20 Å². The molecule has 0 aliphatic carbocycles. The molecule has 16 heavy (non-hydrogen) atoms. The molecule has 0 aromatic carbocycles. The van der Waals surface area contributed by atoms with Crippen LogP contribution in [0.2, 0.25) is 5.02 Å². The number of nitrogens with zero attached hydrogens (tertiary/aromatic N) is 3. The minimum atomic E-state index is 0.251. The third-order valence-corrected chi connectivity index (χ3v) is 2.45. The van der Waals surface area contributed by atoms with E-state index in [1.807, 2.05) is 19.1 Å². The molecule has 5 nitrogen and oxygen atoms in total. The second kappa shape index (κ2) is 4.32. The van der Waals surface area contributed by atoms with Gasteiger partial charge in [-0.2, -0.15) is 0 Å². The summed E-state index contributed by atoms with van der Waals surface area (Å²) < 4.78 is 0. The Morgan fingerprint density at radius 1 is 1.31 bits per heavy atom. The predicted octanol–water partition coefficient (Wildman–Crippen LogP) is 2.16.